The molecule has 2 heterocycles. The molecular formula is C14H23N5. The number of aryl methyl sites for hydroxylation is 2. The molecule has 0 aliphatic carbocycles. The predicted molar refractivity (Wildman–Crippen MR) is 76.5 cm³/mol. The summed E-state index contributed by atoms with van der Waals surface area (Å²) in [4.78, 5) is 0. The molecule has 0 atom stereocenters. The smallest absolute Gasteiger partial charge is 0.156 e. The number of hydrogen-bond acceptors (Lipinski definition) is 3. The van der Waals surface area contributed by atoms with E-state index in [2.05, 4.69) is 42.4 Å². The lowest BCUT2D eigenvalue weighted by Crippen LogP contribution is -2.15. The maximum Gasteiger partial charge on any atom is 0.156 e. The summed E-state index contributed by atoms with van der Waals surface area (Å²) in [5.41, 5.74) is 3.37. The second-order valence-electron chi connectivity index (χ2n) is 5.13. The van der Waals surface area contributed by atoms with Crippen LogP contribution in [0.25, 0.3) is 5.82 Å². The topological polar surface area (TPSA) is 47.7 Å². The van der Waals surface area contributed by atoms with E-state index in [1.807, 2.05) is 29.5 Å². The third-order valence-electron chi connectivity index (χ3n) is 3.28. The Balaban J connectivity index is 2.41. The summed E-state index contributed by atoms with van der Waals surface area (Å²) in [6, 6.07) is 2.07. The molecule has 0 radical (unpaired) electrons. The molecule has 0 saturated heterocycles. The normalized spacial score (nSPS) is 11.5. The first-order chi connectivity index (χ1) is 9.04. The maximum atomic E-state index is 4.65. The standard InChI is InChI=1S/C14H23N5/c1-6-15-9-12-11(4)16-18(5)14(12)19-8-7-13(17-19)10(2)3/h7-8,10,15H,6,9H2,1-5H3. The molecule has 0 bridgehead atoms. The van der Waals surface area contributed by atoms with Crippen molar-refractivity contribution in [3.05, 3.63) is 29.2 Å². The lowest BCUT2D eigenvalue weighted by Gasteiger charge is -2.07. The quantitative estimate of drug-likeness (QED) is 0.897. The van der Waals surface area contributed by atoms with Gasteiger partial charge in [0, 0.05) is 25.4 Å². The van der Waals surface area contributed by atoms with Crippen LogP contribution in [0.4, 0.5) is 0 Å². The van der Waals surface area contributed by atoms with Crippen LogP contribution >= 0.6 is 0 Å². The van der Waals surface area contributed by atoms with Crippen LogP contribution in [0.3, 0.4) is 0 Å². The molecule has 0 amide bonds. The Morgan fingerprint density at radius 3 is 2.63 bits per heavy atom. The summed E-state index contributed by atoms with van der Waals surface area (Å²) in [6.45, 7) is 10.2. The molecule has 0 spiro atoms. The maximum absolute atomic E-state index is 4.65. The average Bonchev–Trinajstić information content (AvgIpc) is 2.91. The zero-order valence-corrected chi connectivity index (χ0v) is 12.4. The molecule has 5 nitrogen and oxygen atoms in total. The van der Waals surface area contributed by atoms with Crippen molar-refractivity contribution >= 4 is 0 Å². The number of nitrogens with one attached hydrogen (secondary N) is 1. The first-order valence-electron chi connectivity index (χ1n) is 6.83. The van der Waals surface area contributed by atoms with Crippen molar-refractivity contribution in [3.8, 4) is 5.82 Å². The summed E-state index contributed by atoms with van der Waals surface area (Å²) in [6.07, 6.45) is 2.02. The van der Waals surface area contributed by atoms with Crippen LogP contribution in [0, 0.1) is 6.92 Å². The Labute approximate surface area is 114 Å². The molecular weight excluding hydrogens is 238 g/mol. The fourth-order valence-corrected chi connectivity index (χ4v) is 2.20. The Hall–Kier alpha value is -1.62. The van der Waals surface area contributed by atoms with E-state index in [1.165, 1.54) is 5.56 Å². The predicted octanol–water partition coefficient (Wildman–Crippen LogP) is 2.15. The SMILES string of the molecule is CCNCc1c(C)nn(C)c1-n1ccc(C(C)C)n1. The third-order valence-corrected chi connectivity index (χ3v) is 3.28. The van der Waals surface area contributed by atoms with Gasteiger partial charge in [0.2, 0.25) is 0 Å². The van der Waals surface area contributed by atoms with Gasteiger partial charge in [-0.05, 0) is 25.5 Å². The van der Waals surface area contributed by atoms with Crippen molar-refractivity contribution in [1.29, 1.82) is 0 Å². The van der Waals surface area contributed by atoms with E-state index < -0.39 is 0 Å². The highest BCUT2D eigenvalue weighted by molar-refractivity contribution is 5.37. The summed E-state index contributed by atoms with van der Waals surface area (Å²) < 4.78 is 3.83. The Kier molecular flexibility index (Phi) is 4.04. The van der Waals surface area contributed by atoms with Crippen molar-refractivity contribution in [2.75, 3.05) is 6.54 Å². The van der Waals surface area contributed by atoms with E-state index in [0.29, 0.717) is 5.92 Å². The minimum atomic E-state index is 0.438. The van der Waals surface area contributed by atoms with E-state index in [0.717, 1.165) is 30.3 Å². The van der Waals surface area contributed by atoms with E-state index in [9.17, 15) is 0 Å². The highest BCUT2D eigenvalue weighted by Crippen LogP contribution is 2.19. The Morgan fingerprint density at radius 2 is 2.05 bits per heavy atom. The third kappa shape index (κ3) is 2.71. The lowest BCUT2D eigenvalue weighted by molar-refractivity contribution is 0.668. The highest BCUT2D eigenvalue weighted by atomic mass is 15.4. The molecule has 2 rings (SSSR count). The average molecular weight is 261 g/mol. The molecule has 0 fully saturated rings. The van der Waals surface area contributed by atoms with Gasteiger partial charge in [0.15, 0.2) is 5.82 Å². The van der Waals surface area contributed by atoms with E-state index >= 15 is 0 Å². The van der Waals surface area contributed by atoms with Crippen LogP contribution in [-0.2, 0) is 13.6 Å². The van der Waals surface area contributed by atoms with Crippen LogP contribution in [0.15, 0.2) is 12.3 Å². The second kappa shape index (κ2) is 5.57. The van der Waals surface area contributed by atoms with Gasteiger partial charge in [-0.25, -0.2) is 4.68 Å². The zero-order chi connectivity index (χ0) is 14.0. The van der Waals surface area contributed by atoms with Gasteiger partial charge in [-0.1, -0.05) is 20.8 Å². The minimum Gasteiger partial charge on any atom is -0.313 e. The molecule has 0 aliphatic heterocycles. The molecule has 0 unspecified atom stereocenters. The fourth-order valence-electron chi connectivity index (χ4n) is 2.20. The van der Waals surface area contributed by atoms with Crippen molar-refractivity contribution < 1.29 is 0 Å². The van der Waals surface area contributed by atoms with Crippen molar-refractivity contribution in [2.45, 2.75) is 40.2 Å². The van der Waals surface area contributed by atoms with Crippen molar-refractivity contribution in [2.24, 2.45) is 7.05 Å². The minimum absolute atomic E-state index is 0.438. The largest absolute Gasteiger partial charge is 0.313 e. The van der Waals surface area contributed by atoms with E-state index in [-0.39, 0.29) is 0 Å². The van der Waals surface area contributed by atoms with Gasteiger partial charge in [0.05, 0.1) is 11.4 Å². The molecule has 2 aromatic heterocycles. The summed E-state index contributed by atoms with van der Waals surface area (Å²) >= 11 is 0. The van der Waals surface area contributed by atoms with Crippen LogP contribution in [0.2, 0.25) is 0 Å². The van der Waals surface area contributed by atoms with Crippen LogP contribution < -0.4 is 5.32 Å². The van der Waals surface area contributed by atoms with Gasteiger partial charge in [-0.15, -0.1) is 0 Å². The molecule has 0 saturated carbocycles. The molecule has 19 heavy (non-hydrogen) atoms. The van der Waals surface area contributed by atoms with Gasteiger partial charge in [-0.2, -0.15) is 10.2 Å². The van der Waals surface area contributed by atoms with Crippen LogP contribution in [0.5, 0.6) is 0 Å². The first kappa shape index (κ1) is 13.8. The molecule has 5 heteroatoms. The number of hydrogen-bond donors (Lipinski definition) is 1. The van der Waals surface area contributed by atoms with E-state index in [4.69, 9.17) is 0 Å². The molecule has 0 aliphatic rings. The van der Waals surface area contributed by atoms with Gasteiger partial charge in [-0.3, -0.25) is 4.68 Å². The Bertz CT molecular complexity index is 550. The molecule has 104 valence electrons. The van der Waals surface area contributed by atoms with Crippen LogP contribution in [0.1, 0.15) is 43.6 Å². The number of nitrogens with zero attached hydrogens (tertiary/aromatic N) is 4. The summed E-state index contributed by atoms with van der Waals surface area (Å²) in [5, 5.41) is 12.5. The molecule has 2 aromatic rings. The fraction of sp³-hybridized carbons (Fsp3) is 0.571. The first-order valence-corrected chi connectivity index (χ1v) is 6.83. The van der Waals surface area contributed by atoms with Crippen LogP contribution in [-0.4, -0.2) is 26.1 Å². The zero-order valence-electron chi connectivity index (χ0n) is 12.4. The number of aromatic nitrogens is 4. The number of rotatable bonds is 5. The van der Waals surface area contributed by atoms with Crippen molar-refractivity contribution in [3.63, 3.8) is 0 Å². The summed E-state index contributed by atoms with van der Waals surface area (Å²) in [7, 11) is 1.97. The monoisotopic (exact) mass is 261 g/mol. The second-order valence-corrected chi connectivity index (χ2v) is 5.13. The van der Waals surface area contributed by atoms with E-state index in [1.54, 1.807) is 0 Å². The van der Waals surface area contributed by atoms with Crippen molar-refractivity contribution in [1.82, 2.24) is 24.9 Å². The Morgan fingerprint density at radius 1 is 1.32 bits per heavy atom. The van der Waals surface area contributed by atoms with Gasteiger partial charge in [0.1, 0.15) is 0 Å². The summed E-state index contributed by atoms with van der Waals surface area (Å²) in [5.74, 6) is 1.48. The molecule has 0 aromatic carbocycles. The molecule has 1 N–H and O–H groups in total. The van der Waals surface area contributed by atoms with Gasteiger partial charge < -0.3 is 5.32 Å². The van der Waals surface area contributed by atoms with Gasteiger partial charge in [0.25, 0.3) is 0 Å². The van der Waals surface area contributed by atoms with Gasteiger partial charge >= 0.3 is 0 Å². The lowest BCUT2D eigenvalue weighted by atomic mass is 10.1. The highest BCUT2D eigenvalue weighted by Gasteiger charge is 2.16.